The fourth-order valence-corrected chi connectivity index (χ4v) is 3.06. The van der Waals surface area contributed by atoms with Gasteiger partial charge in [0.25, 0.3) is 0 Å². The Labute approximate surface area is 140 Å². The molecule has 1 fully saturated rings. The molecular weight excluding hydrogens is 314 g/mol. The summed E-state index contributed by atoms with van der Waals surface area (Å²) in [5.41, 5.74) is 1.73. The van der Waals surface area contributed by atoms with Crippen LogP contribution in [0.4, 0.5) is 5.69 Å². The van der Waals surface area contributed by atoms with Gasteiger partial charge in [0.1, 0.15) is 0 Å². The van der Waals surface area contributed by atoms with Gasteiger partial charge < -0.3 is 14.6 Å². The number of rotatable bonds is 3. The molecule has 0 unspecified atom stereocenters. The van der Waals surface area contributed by atoms with Gasteiger partial charge in [-0.15, -0.1) is 0 Å². The lowest BCUT2D eigenvalue weighted by Crippen LogP contribution is -2.46. The van der Waals surface area contributed by atoms with Crippen molar-refractivity contribution in [3.63, 3.8) is 0 Å². The van der Waals surface area contributed by atoms with Gasteiger partial charge in [0.15, 0.2) is 5.75 Å². The summed E-state index contributed by atoms with van der Waals surface area (Å²) < 4.78 is 1.81. The lowest BCUT2D eigenvalue weighted by Gasteiger charge is -2.36. The van der Waals surface area contributed by atoms with Gasteiger partial charge in [0.2, 0.25) is 5.43 Å². The van der Waals surface area contributed by atoms with Gasteiger partial charge in [-0.1, -0.05) is 17.7 Å². The fraction of sp³-hybridized carbons (Fsp3) is 0.353. The number of aryl methyl sites for hydroxylation is 1. The SMILES string of the molecule is Cn1cc(O)c(=O)cc1CN1CCN(c2cccc(Cl)c2)CC1. The Hall–Kier alpha value is -1.98. The summed E-state index contributed by atoms with van der Waals surface area (Å²) in [5, 5.41) is 10.2. The zero-order chi connectivity index (χ0) is 16.4. The number of halogens is 1. The van der Waals surface area contributed by atoms with Crippen LogP contribution >= 0.6 is 11.6 Å². The zero-order valence-electron chi connectivity index (χ0n) is 13.1. The van der Waals surface area contributed by atoms with E-state index >= 15 is 0 Å². The van der Waals surface area contributed by atoms with E-state index in [4.69, 9.17) is 11.6 Å². The first-order chi connectivity index (χ1) is 11.0. The van der Waals surface area contributed by atoms with Crippen LogP contribution in [0, 0.1) is 0 Å². The molecule has 5 nitrogen and oxygen atoms in total. The highest BCUT2D eigenvalue weighted by Crippen LogP contribution is 2.21. The van der Waals surface area contributed by atoms with E-state index in [0.29, 0.717) is 6.54 Å². The van der Waals surface area contributed by atoms with E-state index in [1.807, 2.05) is 25.2 Å². The molecule has 23 heavy (non-hydrogen) atoms. The van der Waals surface area contributed by atoms with Crippen LogP contribution in [0.1, 0.15) is 5.69 Å². The number of aromatic hydroxyl groups is 1. The lowest BCUT2D eigenvalue weighted by atomic mass is 10.2. The Morgan fingerprint density at radius 3 is 2.61 bits per heavy atom. The molecule has 0 aliphatic carbocycles. The maximum Gasteiger partial charge on any atom is 0.223 e. The van der Waals surface area contributed by atoms with Crippen molar-refractivity contribution in [3.8, 4) is 5.75 Å². The van der Waals surface area contributed by atoms with Gasteiger partial charge in [-0.3, -0.25) is 9.69 Å². The highest BCUT2D eigenvalue weighted by atomic mass is 35.5. The molecule has 0 atom stereocenters. The van der Waals surface area contributed by atoms with Gasteiger partial charge >= 0.3 is 0 Å². The summed E-state index contributed by atoms with van der Waals surface area (Å²) in [6.45, 7) is 4.39. The quantitative estimate of drug-likeness (QED) is 0.934. The molecule has 1 aromatic heterocycles. The van der Waals surface area contributed by atoms with E-state index in [1.54, 1.807) is 4.57 Å². The Morgan fingerprint density at radius 1 is 1.17 bits per heavy atom. The molecule has 1 aromatic carbocycles. The maximum atomic E-state index is 11.6. The second-order valence-corrected chi connectivity index (χ2v) is 6.30. The number of nitrogens with zero attached hydrogens (tertiary/aromatic N) is 3. The molecule has 0 radical (unpaired) electrons. The molecule has 1 aliphatic heterocycles. The smallest absolute Gasteiger partial charge is 0.223 e. The molecule has 6 heteroatoms. The number of hydrogen-bond acceptors (Lipinski definition) is 4. The number of hydrogen-bond donors (Lipinski definition) is 1. The topological polar surface area (TPSA) is 48.7 Å². The third-order valence-electron chi connectivity index (χ3n) is 4.25. The summed E-state index contributed by atoms with van der Waals surface area (Å²) in [4.78, 5) is 16.2. The van der Waals surface area contributed by atoms with E-state index in [9.17, 15) is 9.90 Å². The van der Waals surface area contributed by atoms with Crippen LogP contribution in [0.5, 0.6) is 5.75 Å². The van der Waals surface area contributed by atoms with E-state index in [-0.39, 0.29) is 11.2 Å². The van der Waals surface area contributed by atoms with Gasteiger partial charge in [-0.2, -0.15) is 0 Å². The van der Waals surface area contributed by atoms with Crippen molar-refractivity contribution in [1.29, 1.82) is 0 Å². The summed E-state index contributed by atoms with van der Waals surface area (Å²) in [7, 11) is 1.84. The van der Waals surface area contributed by atoms with Gasteiger partial charge in [-0.05, 0) is 18.2 Å². The summed E-state index contributed by atoms with van der Waals surface area (Å²) >= 11 is 6.06. The predicted octanol–water partition coefficient (Wildman–Crippen LogP) is 2.07. The van der Waals surface area contributed by atoms with Crippen LogP contribution in [0.15, 0.2) is 41.3 Å². The van der Waals surface area contributed by atoms with E-state index in [2.05, 4.69) is 15.9 Å². The Morgan fingerprint density at radius 2 is 1.91 bits per heavy atom. The molecule has 2 aromatic rings. The number of piperazine rings is 1. The van der Waals surface area contributed by atoms with E-state index < -0.39 is 0 Å². The molecule has 122 valence electrons. The first kappa shape index (κ1) is 15.9. The van der Waals surface area contributed by atoms with Crippen LogP contribution in [0.2, 0.25) is 5.02 Å². The minimum atomic E-state index is -0.323. The van der Waals surface area contributed by atoms with Crippen LogP contribution in [-0.4, -0.2) is 40.8 Å². The Bertz CT molecular complexity index is 752. The van der Waals surface area contributed by atoms with Crippen molar-refractivity contribution in [2.24, 2.45) is 7.05 Å². The van der Waals surface area contributed by atoms with Crippen LogP contribution in [0.25, 0.3) is 0 Å². The monoisotopic (exact) mass is 333 g/mol. The first-order valence-electron chi connectivity index (χ1n) is 7.64. The second kappa shape index (κ2) is 6.64. The molecule has 0 bridgehead atoms. The van der Waals surface area contributed by atoms with Crippen molar-refractivity contribution in [2.75, 3.05) is 31.1 Å². The third-order valence-corrected chi connectivity index (χ3v) is 4.49. The Kier molecular flexibility index (Phi) is 4.59. The van der Waals surface area contributed by atoms with Gasteiger partial charge in [-0.25, -0.2) is 0 Å². The van der Waals surface area contributed by atoms with Crippen LogP contribution in [-0.2, 0) is 13.6 Å². The largest absolute Gasteiger partial charge is 0.503 e. The predicted molar refractivity (Wildman–Crippen MR) is 92.3 cm³/mol. The van der Waals surface area contributed by atoms with Crippen LogP contribution < -0.4 is 10.3 Å². The number of anilines is 1. The van der Waals surface area contributed by atoms with E-state index in [0.717, 1.165) is 42.6 Å². The maximum absolute atomic E-state index is 11.6. The van der Waals surface area contributed by atoms with Crippen molar-refractivity contribution >= 4 is 17.3 Å². The molecule has 0 amide bonds. The standard InChI is InChI=1S/C17H20ClN3O2/c1-19-12-17(23)16(22)10-15(19)11-20-5-7-21(8-6-20)14-4-2-3-13(18)9-14/h2-4,9-10,12,23H,5-8,11H2,1H3. The molecule has 2 heterocycles. The number of pyridine rings is 1. The summed E-state index contributed by atoms with van der Waals surface area (Å²) in [5.74, 6) is -0.206. The van der Waals surface area contributed by atoms with Crippen molar-refractivity contribution in [2.45, 2.75) is 6.54 Å². The van der Waals surface area contributed by atoms with Crippen molar-refractivity contribution in [1.82, 2.24) is 9.47 Å². The average molecular weight is 334 g/mol. The molecule has 1 aliphatic rings. The fourth-order valence-electron chi connectivity index (χ4n) is 2.88. The zero-order valence-corrected chi connectivity index (χ0v) is 13.8. The number of aromatic nitrogens is 1. The first-order valence-corrected chi connectivity index (χ1v) is 8.02. The third kappa shape index (κ3) is 3.68. The van der Waals surface area contributed by atoms with Crippen LogP contribution in [0.3, 0.4) is 0 Å². The molecule has 0 spiro atoms. The molecule has 3 rings (SSSR count). The highest BCUT2D eigenvalue weighted by Gasteiger charge is 2.18. The normalized spacial score (nSPS) is 15.8. The number of benzene rings is 1. The minimum Gasteiger partial charge on any atom is -0.503 e. The second-order valence-electron chi connectivity index (χ2n) is 5.87. The minimum absolute atomic E-state index is 0.206. The lowest BCUT2D eigenvalue weighted by molar-refractivity contribution is 0.244. The molecule has 1 N–H and O–H groups in total. The molecule has 1 saturated heterocycles. The Balaban J connectivity index is 1.63. The summed E-state index contributed by atoms with van der Waals surface area (Å²) in [6.07, 6.45) is 1.47. The van der Waals surface area contributed by atoms with Crippen molar-refractivity contribution in [3.05, 3.63) is 57.5 Å². The van der Waals surface area contributed by atoms with Gasteiger partial charge in [0, 0.05) is 68.4 Å². The molecular formula is C17H20ClN3O2. The van der Waals surface area contributed by atoms with E-state index in [1.165, 1.54) is 12.3 Å². The van der Waals surface area contributed by atoms with Crippen molar-refractivity contribution < 1.29 is 5.11 Å². The highest BCUT2D eigenvalue weighted by molar-refractivity contribution is 6.30. The van der Waals surface area contributed by atoms with Gasteiger partial charge in [0.05, 0.1) is 0 Å². The summed E-state index contributed by atoms with van der Waals surface area (Å²) in [6, 6.07) is 9.42. The average Bonchev–Trinajstić information content (AvgIpc) is 2.53. The molecule has 0 saturated carbocycles.